The number of amides is 3. The Morgan fingerprint density at radius 1 is 1.05 bits per heavy atom. The molecule has 0 bridgehead atoms. The Bertz CT molecular complexity index is 393. The van der Waals surface area contributed by atoms with E-state index >= 15 is 0 Å². The van der Waals surface area contributed by atoms with Gasteiger partial charge in [0.05, 0.1) is 6.04 Å². The maximum atomic E-state index is 12.1. The van der Waals surface area contributed by atoms with Gasteiger partial charge in [-0.1, -0.05) is 20.8 Å². The average molecular weight is 285 g/mol. The molecular formula is C13H23N3O4. The standard InChI is InChI=1S/C13H23N3O4/c1-5-9(11(18)12(14)19)16-13(20)10(6-7(2)3)15-8(4)17/h7,9-10H,5-6H2,1-4H3,(H2,14,19)(H,15,17)(H,16,20)/t9?,10-/m0/s1. The lowest BCUT2D eigenvalue weighted by Crippen LogP contribution is -2.53. The van der Waals surface area contributed by atoms with Crippen LogP contribution in [0.25, 0.3) is 0 Å². The summed E-state index contributed by atoms with van der Waals surface area (Å²) in [6.45, 7) is 6.79. The van der Waals surface area contributed by atoms with Crippen LogP contribution in [0.3, 0.4) is 0 Å². The zero-order valence-electron chi connectivity index (χ0n) is 12.4. The minimum Gasteiger partial charge on any atom is -0.363 e. The highest BCUT2D eigenvalue weighted by Crippen LogP contribution is 2.06. The van der Waals surface area contributed by atoms with Gasteiger partial charge in [-0.3, -0.25) is 19.2 Å². The van der Waals surface area contributed by atoms with Crippen molar-refractivity contribution in [2.45, 2.75) is 52.6 Å². The van der Waals surface area contributed by atoms with Crippen LogP contribution in [0.2, 0.25) is 0 Å². The molecule has 0 saturated heterocycles. The summed E-state index contributed by atoms with van der Waals surface area (Å²) in [5, 5.41) is 4.98. The number of ketones is 1. The summed E-state index contributed by atoms with van der Waals surface area (Å²) in [5.74, 6) is -2.57. The molecule has 0 rings (SSSR count). The number of carbonyl (C=O) groups excluding carboxylic acids is 4. The first kappa shape index (κ1) is 18.1. The van der Waals surface area contributed by atoms with Crippen LogP contribution in [0.1, 0.15) is 40.5 Å². The quantitative estimate of drug-likeness (QED) is 0.520. The van der Waals surface area contributed by atoms with Gasteiger partial charge >= 0.3 is 0 Å². The van der Waals surface area contributed by atoms with Crippen LogP contribution in [-0.2, 0) is 19.2 Å². The highest BCUT2D eigenvalue weighted by Gasteiger charge is 2.27. The van der Waals surface area contributed by atoms with E-state index in [2.05, 4.69) is 10.6 Å². The number of nitrogens with one attached hydrogen (secondary N) is 2. The van der Waals surface area contributed by atoms with E-state index in [0.717, 1.165) is 0 Å². The van der Waals surface area contributed by atoms with Crippen molar-refractivity contribution in [3.8, 4) is 0 Å². The van der Waals surface area contributed by atoms with E-state index in [1.165, 1.54) is 6.92 Å². The lowest BCUT2D eigenvalue weighted by molar-refractivity contribution is -0.139. The van der Waals surface area contributed by atoms with Gasteiger partial charge in [-0.05, 0) is 18.8 Å². The third kappa shape index (κ3) is 6.31. The van der Waals surface area contributed by atoms with E-state index in [9.17, 15) is 19.2 Å². The lowest BCUT2D eigenvalue weighted by atomic mass is 10.0. The van der Waals surface area contributed by atoms with E-state index in [-0.39, 0.29) is 18.2 Å². The largest absolute Gasteiger partial charge is 0.363 e. The zero-order valence-corrected chi connectivity index (χ0v) is 12.4. The Hall–Kier alpha value is -1.92. The number of Topliss-reactive ketones (excluding diaryl/α,β-unsaturated/α-hetero) is 1. The monoisotopic (exact) mass is 285 g/mol. The van der Waals surface area contributed by atoms with Crippen molar-refractivity contribution in [1.29, 1.82) is 0 Å². The van der Waals surface area contributed by atoms with Gasteiger partial charge in [-0.2, -0.15) is 0 Å². The molecule has 0 aromatic rings. The number of primary amides is 1. The van der Waals surface area contributed by atoms with E-state index < -0.39 is 29.7 Å². The summed E-state index contributed by atoms with van der Waals surface area (Å²) in [4.78, 5) is 45.5. The summed E-state index contributed by atoms with van der Waals surface area (Å²) >= 11 is 0. The van der Waals surface area contributed by atoms with Crippen LogP contribution >= 0.6 is 0 Å². The first-order valence-corrected chi connectivity index (χ1v) is 6.60. The molecule has 7 heteroatoms. The first-order chi connectivity index (χ1) is 9.18. The normalized spacial score (nSPS) is 13.4. The highest BCUT2D eigenvalue weighted by molar-refractivity contribution is 6.37. The van der Waals surface area contributed by atoms with E-state index in [1.807, 2.05) is 13.8 Å². The molecule has 2 atom stereocenters. The fourth-order valence-corrected chi connectivity index (χ4v) is 1.75. The molecule has 0 saturated carbocycles. The van der Waals surface area contributed by atoms with Gasteiger partial charge in [0.15, 0.2) is 0 Å². The van der Waals surface area contributed by atoms with Crippen molar-refractivity contribution in [2.24, 2.45) is 11.7 Å². The minimum absolute atomic E-state index is 0.185. The molecule has 0 heterocycles. The van der Waals surface area contributed by atoms with Crippen LogP contribution in [0.4, 0.5) is 0 Å². The van der Waals surface area contributed by atoms with Crippen LogP contribution in [-0.4, -0.2) is 35.6 Å². The first-order valence-electron chi connectivity index (χ1n) is 6.60. The highest BCUT2D eigenvalue weighted by atomic mass is 16.2. The Balaban J connectivity index is 4.83. The number of hydrogen-bond donors (Lipinski definition) is 3. The van der Waals surface area contributed by atoms with Crippen LogP contribution in [0, 0.1) is 5.92 Å². The van der Waals surface area contributed by atoms with Gasteiger partial charge in [-0.25, -0.2) is 0 Å². The fourth-order valence-electron chi connectivity index (χ4n) is 1.75. The van der Waals surface area contributed by atoms with E-state index in [4.69, 9.17) is 5.73 Å². The SMILES string of the molecule is CCC(NC(=O)[C@H](CC(C)C)NC(C)=O)C(=O)C(N)=O. The van der Waals surface area contributed by atoms with Gasteiger partial charge in [0.1, 0.15) is 6.04 Å². The predicted octanol–water partition coefficient (Wildman–Crippen LogP) is -0.514. The average Bonchev–Trinajstić information content (AvgIpc) is 2.32. The summed E-state index contributed by atoms with van der Waals surface area (Å²) in [5.41, 5.74) is 4.92. The molecule has 4 N–H and O–H groups in total. The van der Waals surface area contributed by atoms with Crippen molar-refractivity contribution in [3.63, 3.8) is 0 Å². The third-order valence-corrected chi connectivity index (χ3v) is 2.69. The smallest absolute Gasteiger partial charge is 0.287 e. The summed E-state index contributed by atoms with van der Waals surface area (Å²) in [6.07, 6.45) is 0.689. The second-order valence-corrected chi connectivity index (χ2v) is 5.08. The van der Waals surface area contributed by atoms with E-state index in [0.29, 0.717) is 6.42 Å². The molecule has 0 aliphatic carbocycles. The molecular weight excluding hydrogens is 262 g/mol. The third-order valence-electron chi connectivity index (χ3n) is 2.69. The summed E-state index contributed by atoms with van der Waals surface area (Å²) in [6, 6.07) is -1.69. The Kier molecular flexibility index (Phi) is 7.49. The van der Waals surface area contributed by atoms with Crippen LogP contribution in [0.15, 0.2) is 0 Å². The van der Waals surface area contributed by atoms with Crippen LogP contribution < -0.4 is 16.4 Å². The molecule has 1 unspecified atom stereocenters. The molecule has 114 valence electrons. The fraction of sp³-hybridized carbons (Fsp3) is 0.692. The van der Waals surface area contributed by atoms with Crippen molar-refractivity contribution in [1.82, 2.24) is 10.6 Å². The lowest BCUT2D eigenvalue weighted by Gasteiger charge is -2.22. The summed E-state index contributed by atoms with van der Waals surface area (Å²) < 4.78 is 0. The maximum Gasteiger partial charge on any atom is 0.287 e. The van der Waals surface area contributed by atoms with E-state index in [1.54, 1.807) is 6.92 Å². The molecule has 0 fully saturated rings. The molecule has 20 heavy (non-hydrogen) atoms. The molecule has 0 spiro atoms. The van der Waals surface area contributed by atoms with Gasteiger partial charge in [0, 0.05) is 6.92 Å². The number of nitrogens with two attached hydrogens (primary N) is 1. The predicted molar refractivity (Wildman–Crippen MR) is 73.5 cm³/mol. The van der Waals surface area contributed by atoms with Gasteiger partial charge in [-0.15, -0.1) is 0 Å². The topological polar surface area (TPSA) is 118 Å². The van der Waals surface area contributed by atoms with Gasteiger partial charge in [0.2, 0.25) is 17.6 Å². The van der Waals surface area contributed by atoms with Crippen molar-refractivity contribution >= 4 is 23.5 Å². The van der Waals surface area contributed by atoms with Crippen LogP contribution in [0.5, 0.6) is 0 Å². The zero-order chi connectivity index (χ0) is 15.9. The van der Waals surface area contributed by atoms with Gasteiger partial charge in [0.25, 0.3) is 5.91 Å². The Morgan fingerprint density at radius 3 is 1.95 bits per heavy atom. The molecule has 0 aliphatic rings. The summed E-state index contributed by atoms with van der Waals surface area (Å²) in [7, 11) is 0. The van der Waals surface area contributed by atoms with Gasteiger partial charge < -0.3 is 16.4 Å². The second-order valence-electron chi connectivity index (χ2n) is 5.08. The molecule has 0 aliphatic heterocycles. The molecule has 7 nitrogen and oxygen atoms in total. The molecule has 0 aromatic carbocycles. The van der Waals surface area contributed by atoms with Crippen molar-refractivity contribution in [3.05, 3.63) is 0 Å². The molecule has 0 radical (unpaired) electrons. The molecule has 0 aromatic heterocycles. The Labute approximate surface area is 118 Å². The number of hydrogen-bond acceptors (Lipinski definition) is 4. The number of carbonyl (C=O) groups is 4. The number of rotatable bonds is 8. The second kappa shape index (κ2) is 8.29. The minimum atomic E-state index is -1.09. The Morgan fingerprint density at radius 2 is 1.60 bits per heavy atom. The molecule has 3 amide bonds. The van der Waals surface area contributed by atoms with Crippen molar-refractivity contribution in [2.75, 3.05) is 0 Å². The van der Waals surface area contributed by atoms with Crippen molar-refractivity contribution < 1.29 is 19.2 Å². The maximum absolute atomic E-state index is 12.1.